The summed E-state index contributed by atoms with van der Waals surface area (Å²) in [6.45, 7) is 3.55. The number of carbonyl (C=O) groups excluding carboxylic acids is 1. The van der Waals surface area contributed by atoms with Gasteiger partial charge in [0.1, 0.15) is 5.82 Å². The molecule has 0 fully saturated rings. The predicted molar refractivity (Wildman–Crippen MR) is 50.1 cm³/mol. The summed E-state index contributed by atoms with van der Waals surface area (Å²) in [6.07, 6.45) is 0.723. The van der Waals surface area contributed by atoms with Gasteiger partial charge in [0.15, 0.2) is 0 Å². The van der Waals surface area contributed by atoms with Gasteiger partial charge < -0.3 is 4.84 Å². The number of aryl methyl sites for hydroxylation is 1. The van der Waals surface area contributed by atoms with Gasteiger partial charge >= 0.3 is 5.97 Å². The summed E-state index contributed by atoms with van der Waals surface area (Å²) in [5, 5.41) is 0. The van der Waals surface area contributed by atoms with E-state index in [1.807, 2.05) is 6.92 Å². The largest absolute Gasteiger partial charge is 0.370 e. The molecule has 0 spiro atoms. The van der Waals surface area contributed by atoms with Gasteiger partial charge in [-0.3, -0.25) is 0 Å². The van der Waals surface area contributed by atoms with Crippen LogP contribution in [0.2, 0.25) is 0 Å². The third kappa shape index (κ3) is 1.75. The molecule has 0 aliphatic carbocycles. The van der Waals surface area contributed by atoms with Gasteiger partial charge in [-0.05, 0) is 30.5 Å². The molecule has 0 saturated carbocycles. The van der Waals surface area contributed by atoms with Crippen molar-refractivity contribution in [2.45, 2.75) is 20.3 Å². The van der Waals surface area contributed by atoms with E-state index in [4.69, 9.17) is 0 Å². The molecular weight excluding hydrogens is 185 g/mol. The van der Waals surface area contributed by atoms with Crippen LogP contribution in [0.15, 0.2) is 12.1 Å². The van der Waals surface area contributed by atoms with Gasteiger partial charge in [-0.15, -0.1) is 0 Å². The average molecular weight is 197 g/mol. The summed E-state index contributed by atoms with van der Waals surface area (Å²) < 4.78 is 13.5. The van der Waals surface area contributed by atoms with Crippen LogP contribution in [-0.2, 0) is 11.3 Å². The van der Waals surface area contributed by atoms with E-state index in [9.17, 15) is 9.18 Å². The monoisotopic (exact) mass is 197 g/mol. The lowest BCUT2D eigenvalue weighted by molar-refractivity contribution is 0.0498. The van der Waals surface area contributed by atoms with E-state index < -0.39 is 11.8 Å². The molecule has 0 aromatic heterocycles. The summed E-state index contributed by atoms with van der Waals surface area (Å²) in [5.74, 6) is 3.27. The molecule has 0 unspecified atom stereocenters. The van der Waals surface area contributed by atoms with Crippen molar-refractivity contribution in [3.63, 3.8) is 0 Å². The summed E-state index contributed by atoms with van der Waals surface area (Å²) in [6, 6.07) is 3.08. The maximum absolute atomic E-state index is 13.5. The number of carbonyl (C=O) groups is 1. The van der Waals surface area contributed by atoms with Crippen molar-refractivity contribution in [2.75, 3.05) is 0 Å². The molecule has 0 heterocycles. The molecule has 14 heavy (non-hydrogen) atoms. The highest BCUT2D eigenvalue weighted by Crippen LogP contribution is 2.17. The van der Waals surface area contributed by atoms with Crippen LogP contribution in [0.1, 0.15) is 28.4 Å². The highest BCUT2D eigenvalue weighted by molar-refractivity contribution is 5.89. The lowest BCUT2D eigenvalue weighted by atomic mass is 10.0. The third-order valence-corrected chi connectivity index (χ3v) is 2.21. The fourth-order valence-electron chi connectivity index (χ4n) is 1.33. The first-order valence-corrected chi connectivity index (χ1v) is 4.30. The minimum Gasteiger partial charge on any atom is -0.370 e. The van der Waals surface area contributed by atoms with E-state index in [2.05, 4.69) is 10.7 Å². The van der Waals surface area contributed by atoms with Crippen molar-refractivity contribution in [1.29, 1.82) is 0 Å². The Balaban J connectivity index is 3.24. The molecule has 2 N–H and O–H groups in total. The smallest absolute Gasteiger partial charge is 0.359 e. The lowest BCUT2D eigenvalue weighted by Crippen LogP contribution is -2.13. The summed E-state index contributed by atoms with van der Waals surface area (Å²) in [7, 11) is 0. The fraction of sp³-hybridized carbons (Fsp3) is 0.300. The van der Waals surface area contributed by atoms with Crippen LogP contribution >= 0.6 is 0 Å². The highest BCUT2D eigenvalue weighted by atomic mass is 19.1. The molecule has 1 aromatic rings. The summed E-state index contributed by atoms with van der Waals surface area (Å²) >= 11 is 0. The summed E-state index contributed by atoms with van der Waals surface area (Å²) in [4.78, 5) is 15.0. The Morgan fingerprint density at radius 3 is 2.71 bits per heavy atom. The third-order valence-electron chi connectivity index (χ3n) is 2.21. The Morgan fingerprint density at radius 2 is 2.21 bits per heavy atom. The Bertz CT molecular complexity index is 363. The van der Waals surface area contributed by atoms with E-state index in [-0.39, 0.29) is 5.56 Å². The van der Waals surface area contributed by atoms with Gasteiger partial charge in [0.05, 0.1) is 5.56 Å². The van der Waals surface area contributed by atoms with Crippen LogP contribution in [0, 0.1) is 12.7 Å². The Hall–Kier alpha value is -1.42. The van der Waals surface area contributed by atoms with Crippen molar-refractivity contribution in [1.82, 2.24) is 0 Å². The van der Waals surface area contributed by atoms with Gasteiger partial charge in [-0.2, -0.15) is 5.90 Å². The van der Waals surface area contributed by atoms with Crippen LogP contribution in [0.4, 0.5) is 4.39 Å². The maximum Gasteiger partial charge on any atom is 0.359 e. The number of hydrogen-bond acceptors (Lipinski definition) is 3. The number of halogens is 1. The standard InChI is InChI=1S/C10H12FNO2/c1-3-7-4-5-8(10(13)14-12)9(11)6(7)2/h4-5H,3,12H2,1-2H3. The molecule has 0 atom stereocenters. The number of hydrogen-bond donors (Lipinski definition) is 1. The maximum atomic E-state index is 13.5. The van der Waals surface area contributed by atoms with Crippen LogP contribution < -0.4 is 5.90 Å². The second-order valence-corrected chi connectivity index (χ2v) is 2.97. The van der Waals surface area contributed by atoms with Crippen LogP contribution in [-0.4, -0.2) is 5.97 Å². The van der Waals surface area contributed by atoms with Gasteiger partial charge in [0.2, 0.25) is 0 Å². The first kappa shape index (κ1) is 10.7. The minimum atomic E-state index is -0.853. The Morgan fingerprint density at radius 1 is 1.57 bits per heavy atom. The topological polar surface area (TPSA) is 52.3 Å². The normalized spacial score (nSPS) is 10.0. The summed E-state index contributed by atoms with van der Waals surface area (Å²) in [5.41, 5.74) is 1.22. The molecule has 76 valence electrons. The van der Waals surface area contributed by atoms with Crippen LogP contribution in [0.5, 0.6) is 0 Å². The van der Waals surface area contributed by atoms with E-state index in [1.54, 1.807) is 13.0 Å². The van der Waals surface area contributed by atoms with Gasteiger partial charge in [0, 0.05) is 0 Å². The lowest BCUT2D eigenvalue weighted by Gasteiger charge is -2.07. The predicted octanol–water partition coefficient (Wildman–Crippen LogP) is 1.73. The highest BCUT2D eigenvalue weighted by Gasteiger charge is 2.15. The minimum absolute atomic E-state index is 0.123. The van der Waals surface area contributed by atoms with E-state index in [0.29, 0.717) is 5.56 Å². The second kappa shape index (κ2) is 4.19. The molecule has 4 heteroatoms. The average Bonchev–Trinajstić information content (AvgIpc) is 2.21. The SMILES string of the molecule is CCc1ccc(C(=O)ON)c(F)c1C. The second-order valence-electron chi connectivity index (χ2n) is 2.97. The Labute approximate surface area is 81.6 Å². The van der Waals surface area contributed by atoms with Crippen molar-refractivity contribution >= 4 is 5.97 Å². The number of benzene rings is 1. The van der Waals surface area contributed by atoms with E-state index in [0.717, 1.165) is 12.0 Å². The zero-order valence-corrected chi connectivity index (χ0v) is 8.13. The van der Waals surface area contributed by atoms with Gasteiger partial charge in [-0.25, -0.2) is 9.18 Å². The van der Waals surface area contributed by atoms with Gasteiger partial charge in [0.25, 0.3) is 0 Å². The zero-order valence-electron chi connectivity index (χ0n) is 8.13. The van der Waals surface area contributed by atoms with Gasteiger partial charge in [-0.1, -0.05) is 13.0 Å². The molecule has 1 rings (SSSR count). The molecule has 0 amide bonds. The van der Waals surface area contributed by atoms with E-state index >= 15 is 0 Å². The van der Waals surface area contributed by atoms with Crippen molar-refractivity contribution in [3.8, 4) is 0 Å². The Kier molecular flexibility index (Phi) is 3.19. The van der Waals surface area contributed by atoms with E-state index in [1.165, 1.54) is 6.07 Å². The molecule has 0 bridgehead atoms. The number of rotatable bonds is 2. The molecule has 0 saturated heterocycles. The molecule has 3 nitrogen and oxygen atoms in total. The van der Waals surface area contributed by atoms with Crippen molar-refractivity contribution in [3.05, 3.63) is 34.6 Å². The first-order valence-electron chi connectivity index (χ1n) is 4.30. The molecule has 1 aromatic carbocycles. The zero-order chi connectivity index (χ0) is 10.7. The van der Waals surface area contributed by atoms with Crippen LogP contribution in [0.3, 0.4) is 0 Å². The molecule has 0 aliphatic heterocycles. The fourth-order valence-corrected chi connectivity index (χ4v) is 1.33. The number of nitrogens with two attached hydrogens (primary N) is 1. The van der Waals surface area contributed by atoms with Crippen molar-refractivity contribution < 1.29 is 14.0 Å². The molecule has 0 radical (unpaired) electrons. The van der Waals surface area contributed by atoms with Crippen LogP contribution in [0.25, 0.3) is 0 Å². The quantitative estimate of drug-likeness (QED) is 0.734. The van der Waals surface area contributed by atoms with Crippen molar-refractivity contribution in [2.24, 2.45) is 5.90 Å². The molecular formula is C10H12FNO2. The first-order chi connectivity index (χ1) is 6.61. The molecule has 0 aliphatic rings.